The quantitative estimate of drug-likeness (QED) is 0.00950. The van der Waals surface area contributed by atoms with Crippen LogP contribution in [0.3, 0.4) is 0 Å². The third-order valence-corrected chi connectivity index (χ3v) is 16.0. The molecule has 0 aliphatic heterocycles. The fourth-order valence-electron chi connectivity index (χ4n) is 9.28. The third-order valence-electron chi connectivity index (χ3n) is 14.3. The summed E-state index contributed by atoms with van der Waals surface area (Å²) in [5, 5.41) is 79.6. The molecular weight excluding hydrogens is 1270 g/mol. The van der Waals surface area contributed by atoms with E-state index in [2.05, 4.69) is 74.8 Å². The third kappa shape index (κ3) is 27.5. The van der Waals surface area contributed by atoms with E-state index >= 15 is 0 Å². The van der Waals surface area contributed by atoms with E-state index < -0.39 is 131 Å². The number of carbonyl (C=O) groups excluding carboxylic acids is 8. The van der Waals surface area contributed by atoms with Gasteiger partial charge in [0.05, 0.1) is 36.5 Å². The number of phenolic OH excluding ortho intramolecular Hbond substituents is 2. The molecule has 0 bridgehead atoms. The Kier molecular flexibility index (Phi) is 31.5. The minimum atomic E-state index is -2.37. The van der Waals surface area contributed by atoms with Crippen LogP contribution in [0.15, 0.2) is 59.7 Å². The predicted octanol–water partition coefficient (Wildman–Crippen LogP) is 0.643. The Labute approximate surface area is 539 Å². The Morgan fingerprint density at radius 3 is 1.76 bits per heavy atom. The van der Waals surface area contributed by atoms with Crippen LogP contribution in [0.5, 0.6) is 11.5 Å². The van der Waals surface area contributed by atoms with Gasteiger partial charge in [-0.05, 0) is 86.8 Å². The van der Waals surface area contributed by atoms with Crippen molar-refractivity contribution >= 4 is 116 Å². The van der Waals surface area contributed by atoms with Gasteiger partial charge in [0.15, 0.2) is 17.5 Å². The van der Waals surface area contributed by atoms with Crippen LogP contribution in [0, 0.1) is 11.8 Å². The van der Waals surface area contributed by atoms with Gasteiger partial charge in [-0.1, -0.05) is 47.7 Å². The SMILES string of the molecule is CC(CCC(=O)NCCC(=O)NCCC(=O)N[C@@H](CCCCn1cc(CCCC(=O)Nc2nnc(NS(=O)O)s2)nn1)C(=O)N[C@@H](CC(=O)O)C(=O)C[C@@H](CCCN=C(N)N)C(=O)N[C@@H](CC(=O)O)C(=O)C[C@@H](CS)C(=O)O)(c1ccc(O)cc1)c1ccc(O)cc1. The number of carboxylic acid groups (broad SMARTS) is 3. The number of unbranched alkanes of at least 4 members (excludes halogenated alkanes) is 1. The summed E-state index contributed by atoms with van der Waals surface area (Å²) < 4.78 is 23.6. The zero-order valence-corrected chi connectivity index (χ0v) is 52.6. The molecule has 0 saturated heterocycles. The highest BCUT2D eigenvalue weighted by molar-refractivity contribution is 7.81. The number of nitrogens with zero attached hydrogens (tertiary/aromatic N) is 6. The molecule has 0 spiro atoms. The zero-order chi connectivity index (χ0) is 67.9. The first kappa shape index (κ1) is 75.3. The number of aliphatic imine (C=N–C) groups is 1. The van der Waals surface area contributed by atoms with Gasteiger partial charge in [0, 0.05) is 88.0 Å². The molecule has 0 radical (unpaired) electrons. The Morgan fingerprint density at radius 2 is 1.21 bits per heavy atom. The molecule has 4 aromatic rings. The van der Waals surface area contributed by atoms with Crippen molar-refractivity contribution in [3.8, 4) is 11.5 Å². The van der Waals surface area contributed by atoms with Crippen molar-refractivity contribution in [3.05, 3.63) is 71.5 Å². The second kappa shape index (κ2) is 38.5. The summed E-state index contributed by atoms with van der Waals surface area (Å²) in [5.41, 5.74) is 12.3. The molecule has 0 saturated carbocycles. The first-order chi connectivity index (χ1) is 43.6. The summed E-state index contributed by atoms with van der Waals surface area (Å²) >= 11 is 2.42. The number of aromatic nitrogens is 5. The van der Waals surface area contributed by atoms with Gasteiger partial charge >= 0.3 is 17.9 Å². The molecule has 6 atom stereocenters. The average Bonchev–Trinajstić information content (AvgIpc) is 1.03. The van der Waals surface area contributed by atoms with Gasteiger partial charge in [-0.15, -0.1) is 15.3 Å². The van der Waals surface area contributed by atoms with Crippen molar-refractivity contribution in [2.45, 2.75) is 140 Å². The van der Waals surface area contributed by atoms with Gasteiger partial charge in [-0.3, -0.25) is 71.7 Å². The van der Waals surface area contributed by atoms with Crippen molar-refractivity contribution in [1.82, 2.24) is 51.8 Å². The Morgan fingerprint density at radius 1 is 0.652 bits per heavy atom. The molecule has 4 rings (SSSR count). The second-order valence-corrected chi connectivity index (χ2v) is 23.4. The molecule has 92 heavy (non-hydrogen) atoms. The summed E-state index contributed by atoms with van der Waals surface area (Å²) in [7, 11) is 0. The van der Waals surface area contributed by atoms with E-state index in [-0.39, 0.29) is 117 Å². The topological polar surface area (TPSA) is 531 Å². The lowest BCUT2D eigenvalue weighted by atomic mass is 9.73. The van der Waals surface area contributed by atoms with Crippen molar-refractivity contribution in [2.75, 3.05) is 35.4 Å². The molecule has 2 aromatic carbocycles. The minimum Gasteiger partial charge on any atom is -0.508 e. The van der Waals surface area contributed by atoms with E-state index in [0.717, 1.165) is 22.5 Å². The average molecular weight is 1340 g/mol. The largest absolute Gasteiger partial charge is 0.508 e. The fourth-order valence-corrected chi connectivity index (χ4v) is 10.6. The number of rotatable bonds is 44. The van der Waals surface area contributed by atoms with Crippen molar-refractivity contribution < 1.29 is 87.0 Å². The summed E-state index contributed by atoms with van der Waals surface area (Å²) in [6.07, 6.45) is -1.06. The number of aromatic hydroxyl groups is 2. The number of nitrogens with one attached hydrogen (secondary N) is 7. The highest BCUT2D eigenvalue weighted by Crippen LogP contribution is 2.38. The smallest absolute Gasteiger partial charge is 0.307 e. The van der Waals surface area contributed by atoms with Gasteiger partial charge in [-0.25, -0.2) is 4.21 Å². The molecule has 2 heterocycles. The number of phenols is 2. The number of ketones is 2. The predicted molar refractivity (Wildman–Crippen MR) is 335 cm³/mol. The molecule has 2 aromatic heterocycles. The lowest BCUT2D eigenvalue weighted by Gasteiger charge is -2.31. The summed E-state index contributed by atoms with van der Waals surface area (Å²) in [4.78, 5) is 147. The first-order valence-corrected chi connectivity index (χ1v) is 31.5. The number of benzene rings is 2. The van der Waals surface area contributed by atoms with E-state index in [0.29, 0.717) is 31.4 Å². The maximum absolute atomic E-state index is 14.2. The van der Waals surface area contributed by atoms with Gasteiger partial charge < -0.3 is 68.9 Å². The Balaban J connectivity index is 1.43. The first-order valence-electron chi connectivity index (χ1n) is 28.9. The number of aliphatic carboxylic acids is 3. The number of aryl methyl sites for hydroxylation is 2. The van der Waals surface area contributed by atoms with Gasteiger partial charge in [-0.2, -0.15) is 12.6 Å². The number of Topliss-reactive ketones (excluding diaryl/α,β-unsaturated/α-hetero) is 2. The van der Waals surface area contributed by atoms with Crippen LogP contribution in [0.25, 0.3) is 0 Å². The normalized spacial score (nSPS) is 13.1. The number of carboxylic acids is 3. The number of amides is 6. The van der Waals surface area contributed by atoms with E-state index in [1.165, 1.54) is 28.9 Å². The highest BCUT2D eigenvalue weighted by Gasteiger charge is 2.35. The van der Waals surface area contributed by atoms with E-state index in [1.54, 1.807) is 30.5 Å². The van der Waals surface area contributed by atoms with Crippen LogP contribution in [-0.4, -0.2) is 174 Å². The number of anilines is 2. The maximum atomic E-state index is 14.2. The summed E-state index contributed by atoms with van der Waals surface area (Å²) in [6.45, 7) is 1.80. The fraction of sp³-hybridized carbons (Fsp3) is 0.500. The van der Waals surface area contributed by atoms with Gasteiger partial charge in [0.2, 0.25) is 45.7 Å². The highest BCUT2D eigenvalue weighted by atomic mass is 32.2. The number of guanidine groups is 1. The number of nitrogens with two attached hydrogens (primary N) is 2. The van der Waals surface area contributed by atoms with Crippen molar-refractivity contribution in [2.24, 2.45) is 28.3 Å². The maximum Gasteiger partial charge on any atom is 0.307 e. The Hall–Kier alpha value is -9.16. The molecule has 0 aliphatic carbocycles. The molecular formula is C56H77N15O18S3. The van der Waals surface area contributed by atoms with Gasteiger partial charge in [0.25, 0.3) is 11.3 Å². The van der Waals surface area contributed by atoms with Crippen LogP contribution in [-0.2, 0) is 82.4 Å². The monoisotopic (exact) mass is 1340 g/mol. The summed E-state index contributed by atoms with van der Waals surface area (Å²) in [6, 6.07) is 8.05. The lowest BCUT2D eigenvalue weighted by Crippen LogP contribution is -2.53. The standard InChI is InChI=1S/C56H77N15O18S3/c1-56(34-10-14-37(72)15-11-34,35-12-16-38(73)17-13-35)21-18-44(76)59-23-19-45(77)60-24-20-47(79)62-39(8-2-3-25-71-30-36(66-70-71)7-4-9-46(78)65-54-67-68-55(91-54)69-92(88)89)51(85)64-41(29-49(82)83)42(74)26-32(6-5-22-61-53(57)58)50(84)63-40(28-48(80)81)43(75)27-33(31-90)52(86)87/h10-17,30,32-33,39-41,72-73,90H,2-9,18-29,31H2,1H3,(H,59,76)(H,60,77)(H,62,79)(H,63,84)(H,64,85)(H,68,69)(H,80,81)(H,82,83)(H,86,87)(H,88,89)(H4,57,58,61)(H,65,67,78)/t32-,33+,39+,40+,41+/m1/s1. The van der Waals surface area contributed by atoms with Crippen molar-refractivity contribution in [1.29, 1.82) is 0 Å². The van der Waals surface area contributed by atoms with Gasteiger partial charge in [0.1, 0.15) is 17.5 Å². The van der Waals surface area contributed by atoms with Crippen LogP contribution in [0.1, 0.15) is 120 Å². The number of carbonyl (C=O) groups is 11. The van der Waals surface area contributed by atoms with Crippen LogP contribution in [0.4, 0.5) is 10.3 Å². The number of hydrogen-bond acceptors (Lipinski definition) is 21. The molecule has 6 amide bonds. The molecule has 33 nitrogen and oxygen atoms in total. The van der Waals surface area contributed by atoms with E-state index in [9.17, 15) is 82.5 Å². The minimum absolute atomic E-state index is 0.0220. The van der Waals surface area contributed by atoms with Crippen molar-refractivity contribution in [3.63, 3.8) is 0 Å². The molecule has 36 heteroatoms. The molecule has 1 unspecified atom stereocenters. The molecule has 502 valence electrons. The number of hydrogen-bond donors (Lipinski definition) is 16. The van der Waals surface area contributed by atoms with Crippen LogP contribution >= 0.6 is 24.0 Å². The lowest BCUT2D eigenvalue weighted by molar-refractivity contribution is -0.144. The van der Waals surface area contributed by atoms with E-state index in [1.807, 2.05) is 6.92 Å². The number of thiol groups is 1. The van der Waals surface area contributed by atoms with Crippen LogP contribution in [0.2, 0.25) is 0 Å². The Bertz CT molecular complexity index is 3190. The molecule has 17 N–H and O–H groups in total. The molecule has 0 aliphatic rings. The summed E-state index contributed by atoms with van der Waals surface area (Å²) in [5.74, 6) is -13.8. The molecule has 0 fully saturated rings. The zero-order valence-electron chi connectivity index (χ0n) is 50.1. The van der Waals surface area contributed by atoms with E-state index in [4.69, 9.17) is 16.0 Å². The van der Waals surface area contributed by atoms with Crippen LogP contribution < -0.4 is 48.1 Å². The second-order valence-electron chi connectivity index (χ2n) is 21.4.